The SMILES string of the molecule is COc1ccc(NC(=O)C(F)(F)F)cc1-c1cc2ccccc2oc1=O. The summed E-state index contributed by atoms with van der Waals surface area (Å²) in [4.78, 5) is 23.4. The molecule has 134 valence electrons. The van der Waals surface area contributed by atoms with E-state index >= 15 is 0 Å². The second-order valence-electron chi connectivity index (χ2n) is 5.35. The minimum Gasteiger partial charge on any atom is -0.496 e. The minimum absolute atomic E-state index is 0.101. The van der Waals surface area contributed by atoms with Gasteiger partial charge in [0.2, 0.25) is 0 Å². The number of benzene rings is 2. The number of methoxy groups -OCH3 is 1. The third-order valence-corrected chi connectivity index (χ3v) is 3.65. The van der Waals surface area contributed by atoms with Gasteiger partial charge in [-0.1, -0.05) is 18.2 Å². The number of para-hydroxylation sites is 1. The summed E-state index contributed by atoms with van der Waals surface area (Å²) in [5.41, 5.74) is -0.130. The number of amides is 1. The molecule has 0 atom stereocenters. The number of halogens is 3. The quantitative estimate of drug-likeness (QED) is 0.715. The molecule has 0 aliphatic rings. The highest BCUT2D eigenvalue weighted by molar-refractivity contribution is 5.96. The molecule has 3 rings (SSSR count). The molecule has 0 saturated carbocycles. The molecular weight excluding hydrogens is 351 g/mol. The van der Waals surface area contributed by atoms with Crippen molar-refractivity contribution < 1.29 is 27.1 Å². The summed E-state index contributed by atoms with van der Waals surface area (Å²) in [6, 6.07) is 12.2. The Labute approximate surface area is 145 Å². The topological polar surface area (TPSA) is 68.5 Å². The molecule has 5 nitrogen and oxygen atoms in total. The van der Waals surface area contributed by atoms with Crippen LogP contribution in [0, 0.1) is 0 Å². The van der Waals surface area contributed by atoms with E-state index < -0.39 is 17.7 Å². The second-order valence-corrected chi connectivity index (χ2v) is 5.35. The van der Waals surface area contributed by atoms with Gasteiger partial charge < -0.3 is 14.5 Å². The molecule has 1 N–H and O–H groups in total. The van der Waals surface area contributed by atoms with Crippen molar-refractivity contribution in [1.29, 1.82) is 0 Å². The Hall–Kier alpha value is -3.29. The molecule has 0 aliphatic carbocycles. The van der Waals surface area contributed by atoms with E-state index in [4.69, 9.17) is 9.15 Å². The summed E-state index contributed by atoms with van der Waals surface area (Å²) in [6.45, 7) is 0. The van der Waals surface area contributed by atoms with Crippen LogP contribution in [0.2, 0.25) is 0 Å². The zero-order valence-electron chi connectivity index (χ0n) is 13.4. The van der Waals surface area contributed by atoms with E-state index in [9.17, 15) is 22.8 Å². The van der Waals surface area contributed by atoms with Crippen molar-refractivity contribution >= 4 is 22.6 Å². The van der Waals surface area contributed by atoms with Crippen LogP contribution in [-0.4, -0.2) is 19.2 Å². The number of hydrogen-bond donors (Lipinski definition) is 1. The third-order valence-electron chi connectivity index (χ3n) is 3.65. The number of carbonyl (C=O) groups excluding carboxylic acids is 1. The van der Waals surface area contributed by atoms with E-state index in [-0.39, 0.29) is 22.6 Å². The van der Waals surface area contributed by atoms with Gasteiger partial charge in [0.15, 0.2) is 0 Å². The Bertz CT molecular complexity index is 1040. The fourth-order valence-electron chi connectivity index (χ4n) is 2.45. The molecule has 26 heavy (non-hydrogen) atoms. The number of alkyl halides is 3. The van der Waals surface area contributed by atoms with Gasteiger partial charge in [-0.3, -0.25) is 4.79 Å². The first-order valence-electron chi connectivity index (χ1n) is 7.39. The first-order chi connectivity index (χ1) is 12.3. The fraction of sp³-hybridized carbons (Fsp3) is 0.111. The molecule has 0 fully saturated rings. The number of hydrogen-bond acceptors (Lipinski definition) is 4. The standard InChI is InChI=1S/C18H12F3NO4/c1-25-15-7-6-11(22-17(24)18(19,20)21)9-12(15)13-8-10-4-2-3-5-14(10)26-16(13)23/h2-9H,1H3,(H,22,24). The average Bonchev–Trinajstić information content (AvgIpc) is 2.60. The molecular formula is C18H12F3NO4. The van der Waals surface area contributed by atoms with Crippen molar-refractivity contribution in [2.24, 2.45) is 0 Å². The zero-order chi connectivity index (χ0) is 18.9. The van der Waals surface area contributed by atoms with Crippen LogP contribution >= 0.6 is 0 Å². The minimum atomic E-state index is -5.03. The Morgan fingerprint density at radius 3 is 2.50 bits per heavy atom. The Kier molecular flexibility index (Phi) is 4.41. The molecule has 2 aromatic carbocycles. The molecule has 1 aromatic heterocycles. The monoisotopic (exact) mass is 363 g/mol. The lowest BCUT2D eigenvalue weighted by Gasteiger charge is -2.12. The van der Waals surface area contributed by atoms with Crippen LogP contribution in [0.15, 0.2) is 57.7 Å². The highest BCUT2D eigenvalue weighted by atomic mass is 19.4. The Balaban J connectivity index is 2.12. The largest absolute Gasteiger partial charge is 0.496 e. The number of ether oxygens (including phenoxy) is 1. The van der Waals surface area contributed by atoms with Gasteiger partial charge in [-0.2, -0.15) is 13.2 Å². The van der Waals surface area contributed by atoms with Crippen LogP contribution in [-0.2, 0) is 4.79 Å². The fourth-order valence-corrected chi connectivity index (χ4v) is 2.45. The predicted octanol–water partition coefficient (Wildman–Crippen LogP) is 3.97. The van der Waals surface area contributed by atoms with Crippen molar-refractivity contribution in [2.45, 2.75) is 6.18 Å². The summed E-state index contributed by atoms with van der Waals surface area (Å²) < 4.78 is 47.7. The van der Waals surface area contributed by atoms with E-state index in [0.717, 1.165) is 0 Å². The van der Waals surface area contributed by atoms with E-state index in [1.54, 1.807) is 35.6 Å². The summed E-state index contributed by atoms with van der Waals surface area (Å²) >= 11 is 0. The van der Waals surface area contributed by atoms with Crippen LogP contribution in [0.1, 0.15) is 0 Å². The number of fused-ring (bicyclic) bond motifs is 1. The van der Waals surface area contributed by atoms with Crippen molar-refractivity contribution in [3.63, 3.8) is 0 Å². The number of carbonyl (C=O) groups is 1. The number of nitrogens with one attached hydrogen (secondary N) is 1. The summed E-state index contributed by atoms with van der Waals surface area (Å²) in [6.07, 6.45) is -5.03. The van der Waals surface area contributed by atoms with Gasteiger partial charge in [-0.05, 0) is 30.3 Å². The van der Waals surface area contributed by atoms with Crippen molar-refractivity contribution in [1.82, 2.24) is 0 Å². The molecule has 0 radical (unpaired) electrons. The number of anilines is 1. The van der Waals surface area contributed by atoms with Gasteiger partial charge in [0.1, 0.15) is 11.3 Å². The Morgan fingerprint density at radius 1 is 1.08 bits per heavy atom. The molecule has 3 aromatic rings. The van der Waals surface area contributed by atoms with Crippen LogP contribution in [0.3, 0.4) is 0 Å². The van der Waals surface area contributed by atoms with Gasteiger partial charge in [-0.25, -0.2) is 4.79 Å². The van der Waals surface area contributed by atoms with Gasteiger partial charge in [0, 0.05) is 16.6 Å². The Morgan fingerprint density at radius 2 is 1.81 bits per heavy atom. The maximum absolute atomic E-state index is 12.4. The lowest BCUT2D eigenvalue weighted by Crippen LogP contribution is -2.29. The molecule has 0 spiro atoms. The van der Waals surface area contributed by atoms with E-state index in [0.29, 0.717) is 11.0 Å². The molecule has 0 aliphatic heterocycles. The first-order valence-corrected chi connectivity index (χ1v) is 7.39. The third kappa shape index (κ3) is 3.39. The molecule has 1 amide bonds. The smallest absolute Gasteiger partial charge is 0.471 e. The normalized spacial score (nSPS) is 11.4. The van der Waals surface area contributed by atoms with Crippen molar-refractivity contribution in [3.05, 3.63) is 59.0 Å². The van der Waals surface area contributed by atoms with Crippen LogP contribution < -0.4 is 15.7 Å². The van der Waals surface area contributed by atoms with Crippen LogP contribution in [0.25, 0.3) is 22.1 Å². The van der Waals surface area contributed by atoms with Crippen LogP contribution in [0.5, 0.6) is 5.75 Å². The lowest BCUT2D eigenvalue weighted by atomic mass is 10.0. The highest BCUT2D eigenvalue weighted by Crippen LogP contribution is 2.32. The maximum atomic E-state index is 12.4. The van der Waals surface area contributed by atoms with Gasteiger partial charge >= 0.3 is 17.7 Å². The van der Waals surface area contributed by atoms with E-state index in [1.807, 2.05) is 0 Å². The molecule has 0 unspecified atom stereocenters. The van der Waals surface area contributed by atoms with Gasteiger partial charge in [0.05, 0.1) is 12.7 Å². The predicted molar refractivity (Wildman–Crippen MR) is 89.2 cm³/mol. The lowest BCUT2D eigenvalue weighted by molar-refractivity contribution is -0.167. The average molecular weight is 363 g/mol. The van der Waals surface area contributed by atoms with E-state index in [1.165, 1.54) is 25.3 Å². The summed E-state index contributed by atoms with van der Waals surface area (Å²) in [5, 5.41) is 2.38. The van der Waals surface area contributed by atoms with Crippen LogP contribution in [0.4, 0.5) is 18.9 Å². The van der Waals surface area contributed by atoms with Crippen molar-refractivity contribution in [2.75, 3.05) is 12.4 Å². The zero-order valence-corrected chi connectivity index (χ0v) is 13.4. The summed E-state index contributed by atoms with van der Waals surface area (Å²) in [7, 11) is 1.36. The van der Waals surface area contributed by atoms with Gasteiger partial charge in [0.25, 0.3) is 0 Å². The first kappa shape index (κ1) is 17.5. The highest BCUT2D eigenvalue weighted by Gasteiger charge is 2.38. The summed E-state index contributed by atoms with van der Waals surface area (Å²) in [5.74, 6) is -1.86. The molecule has 0 saturated heterocycles. The molecule has 0 bridgehead atoms. The number of rotatable bonds is 3. The molecule has 8 heteroatoms. The second kappa shape index (κ2) is 6.55. The van der Waals surface area contributed by atoms with E-state index in [2.05, 4.69) is 0 Å². The molecule has 1 heterocycles. The maximum Gasteiger partial charge on any atom is 0.471 e. The van der Waals surface area contributed by atoms with Gasteiger partial charge in [-0.15, -0.1) is 0 Å². The van der Waals surface area contributed by atoms with Crippen molar-refractivity contribution in [3.8, 4) is 16.9 Å².